The van der Waals surface area contributed by atoms with Gasteiger partial charge in [-0.05, 0) is 36.1 Å². The van der Waals surface area contributed by atoms with Crippen molar-refractivity contribution in [3.63, 3.8) is 0 Å². The summed E-state index contributed by atoms with van der Waals surface area (Å²) in [6, 6.07) is 2.33. The Morgan fingerprint density at radius 1 is 1.22 bits per heavy atom. The van der Waals surface area contributed by atoms with E-state index in [2.05, 4.69) is 5.32 Å². The number of carbonyl (C=O) groups is 3. The molecule has 4 atom stereocenters. The van der Waals surface area contributed by atoms with Crippen molar-refractivity contribution in [2.45, 2.75) is 64.4 Å². The van der Waals surface area contributed by atoms with Gasteiger partial charge in [-0.1, -0.05) is 20.8 Å². The van der Waals surface area contributed by atoms with E-state index in [4.69, 9.17) is 9.47 Å². The van der Waals surface area contributed by atoms with Crippen LogP contribution < -0.4 is 14.8 Å². The molecule has 0 fully saturated rings. The SMILES string of the molecule is CCC(=O)C(=O)N(CCC(C)C)C1C=C(C(=O)NCCO)C2c3cc(CO)cc(OC)c3OC2C1O. The molecule has 4 N–H and O–H groups in total. The zero-order chi connectivity index (χ0) is 26.6. The van der Waals surface area contributed by atoms with Crippen LogP contribution in [-0.2, 0) is 21.0 Å². The second kappa shape index (κ2) is 11.9. The molecule has 36 heavy (non-hydrogen) atoms. The molecule has 0 aromatic heterocycles. The molecule has 0 bridgehead atoms. The lowest BCUT2D eigenvalue weighted by Gasteiger charge is -2.40. The summed E-state index contributed by atoms with van der Waals surface area (Å²) >= 11 is 0. The van der Waals surface area contributed by atoms with Gasteiger partial charge in [-0.25, -0.2) is 0 Å². The van der Waals surface area contributed by atoms with Gasteiger partial charge < -0.3 is 35.0 Å². The molecule has 10 nitrogen and oxygen atoms in total. The number of ether oxygens (including phenoxy) is 2. The minimum atomic E-state index is -1.25. The number of carbonyl (C=O) groups excluding carboxylic acids is 3. The molecule has 1 aromatic carbocycles. The number of aliphatic hydroxyl groups excluding tert-OH is 3. The topological polar surface area (TPSA) is 146 Å². The van der Waals surface area contributed by atoms with E-state index in [1.807, 2.05) is 13.8 Å². The molecule has 0 spiro atoms. The van der Waals surface area contributed by atoms with E-state index in [0.717, 1.165) is 0 Å². The average Bonchev–Trinajstić information content (AvgIpc) is 3.26. The molecule has 0 saturated heterocycles. The van der Waals surface area contributed by atoms with Crippen LogP contribution in [0.1, 0.15) is 50.7 Å². The van der Waals surface area contributed by atoms with Crippen LogP contribution in [0.2, 0.25) is 0 Å². The number of hydrogen-bond donors (Lipinski definition) is 4. The Balaban J connectivity index is 2.13. The minimum Gasteiger partial charge on any atom is -0.493 e. The highest BCUT2D eigenvalue weighted by atomic mass is 16.5. The molecule has 4 unspecified atom stereocenters. The van der Waals surface area contributed by atoms with Gasteiger partial charge in [-0.15, -0.1) is 0 Å². The first kappa shape index (κ1) is 27.6. The van der Waals surface area contributed by atoms with Crippen molar-refractivity contribution in [3.05, 3.63) is 34.9 Å². The second-order valence-electron chi connectivity index (χ2n) is 9.48. The van der Waals surface area contributed by atoms with E-state index in [1.54, 1.807) is 19.1 Å². The van der Waals surface area contributed by atoms with Crippen LogP contribution in [-0.4, -0.2) is 82.9 Å². The fourth-order valence-corrected chi connectivity index (χ4v) is 4.71. The zero-order valence-corrected chi connectivity index (χ0v) is 21.2. The van der Waals surface area contributed by atoms with Crippen LogP contribution in [0.3, 0.4) is 0 Å². The smallest absolute Gasteiger partial charge is 0.290 e. The third-order valence-electron chi connectivity index (χ3n) is 6.62. The Bertz CT molecular complexity index is 1020. The average molecular weight is 505 g/mol. The van der Waals surface area contributed by atoms with E-state index >= 15 is 0 Å². The van der Waals surface area contributed by atoms with Gasteiger partial charge in [-0.3, -0.25) is 14.4 Å². The van der Waals surface area contributed by atoms with Crippen molar-refractivity contribution in [3.8, 4) is 11.5 Å². The summed E-state index contributed by atoms with van der Waals surface area (Å²) < 4.78 is 11.6. The number of nitrogens with zero attached hydrogens (tertiary/aromatic N) is 1. The molecule has 2 amide bonds. The molecule has 1 heterocycles. The summed E-state index contributed by atoms with van der Waals surface area (Å²) in [5.41, 5.74) is 1.35. The van der Waals surface area contributed by atoms with E-state index in [1.165, 1.54) is 18.1 Å². The number of methoxy groups -OCH3 is 1. The third-order valence-corrected chi connectivity index (χ3v) is 6.62. The summed E-state index contributed by atoms with van der Waals surface area (Å²) in [5.74, 6) is -1.59. The van der Waals surface area contributed by atoms with Crippen LogP contribution >= 0.6 is 0 Å². The zero-order valence-electron chi connectivity index (χ0n) is 21.2. The Kier molecular flexibility index (Phi) is 9.10. The first-order valence-electron chi connectivity index (χ1n) is 12.3. The number of benzene rings is 1. The maximum atomic E-state index is 13.2. The summed E-state index contributed by atoms with van der Waals surface area (Å²) in [5, 5.41) is 33.1. The Morgan fingerprint density at radius 2 is 1.94 bits per heavy atom. The standard InChI is InChI=1S/C26H36N2O8/c1-5-19(31)26(34)28(8-6-14(2)3)18-12-17(25(33)27-7-9-29)21-16-10-15(13-30)11-20(35-4)23(16)36-24(21)22(18)32/h10-12,14,18,21-22,24,29-30,32H,5-9,13H2,1-4H3,(H,27,33). The highest BCUT2D eigenvalue weighted by Crippen LogP contribution is 2.51. The number of fused-ring (bicyclic) bond motifs is 3. The quantitative estimate of drug-likeness (QED) is 0.322. The van der Waals surface area contributed by atoms with E-state index in [-0.39, 0.29) is 44.2 Å². The van der Waals surface area contributed by atoms with Crippen LogP contribution in [0.5, 0.6) is 11.5 Å². The molecular weight excluding hydrogens is 468 g/mol. The number of aliphatic hydroxyl groups is 3. The van der Waals surface area contributed by atoms with Gasteiger partial charge in [0.05, 0.1) is 32.3 Å². The van der Waals surface area contributed by atoms with E-state index < -0.39 is 41.8 Å². The third kappa shape index (κ3) is 5.40. The van der Waals surface area contributed by atoms with Crippen molar-refractivity contribution < 1.29 is 39.2 Å². The molecule has 2 aliphatic rings. The van der Waals surface area contributed by atoms with Crippen molar-refractivity contribution in [1.82, 2.24) is 10.2 Å². The van der Waals surface area contributed by atoms with Gasteiger partial charge in [0.1, 0.15) is 12.2 Å². The van der Waals surface area contributed by atoms with Gasteiger partial charge in [-0.2, -0.15) is 0 Å². The normalized spacial score (nSPS) is 22.3. The molecule has 0 radical (unpaired) electrons. The second-order valence-corrected chi connectivity index (χ2v) is 9.48. The fraction of sp³-hybridized carbons (Fsp3) is 0.577. The number of amides is 2. The number of Topliss-reactive ketones (excluding diaryl/α,β-unsaturated/α-hetero) is 1. The lowest BCUT2D eigenvalue weighted by atomic mass is 9.77. The van der Waals surface area contributed by atoms with Crippen LogP contribution in [0.4, 0.5) is 0 Å². The first-order chi connectivity index (χ1) is 17.2. The van der Waals surface area contributed by atoms with Crippen LogP contribution in [0.25, 0.3) is 0 Å². The monoisotopic (exact) mass is 504 g/mol. The first-order valence-corrected chi connectivity index (χ1v) is 12.3. The molecule has 1 aliphatic carbocycles. The van der Waals surface area contributed by atoms with Gasteiger partial charge in [0.25, 0.3) is 5.91 Å². The highest BCUT2D eigenvalue weighted by Gasteiger charge is 2.51. The molecule has 1 aliphatic heterocycles. The number of rotatable bonds is 11. The van der Waals surface area contributed by atoms with Crippen molar-refractivity contribution in [1.29, 1.82) is 0 Å². The van der Waals surface area contributed by atoms with Gasteiger partial charge in [0, 0.05) is 30.6 Å². The van der Waals surface area contributed by atoms with Crippen LogP contribution in [0.15, 0.2) is 23.8 Å². The summed E-state index contributed by atoms with van der Waals surface area (Å²) in [6.07, 6.45) is -0.0633. The number of ketones is 1. The maximum Gasteiger partial charge on any atom is 0.290 e. The van der Waals surface area contributed by atoms with Crippen LogP contribution in [0, 0.1) is 5.92 Å². The summed E-state index contributed by atoms with van der Waals surface area (Å²) in [4.78, 5) is 40.0. The Hall–Kier alpha value is -2.95. The van der Waals surface area contributed by atoms with Gasteiger partial charge >= 0.3 is 0 Å². The number of nitrogens with one attached hydrogen (secondary N) is 1. The summed E-state index contributed by atoms with van der Waals surface area (Å²) in [6.45, 7) is 5.27. The summed E-state index contributed by atoms with van der Waals surface area (Å²) in [7, 11) is 1.45. The van der Waals surface area contributed by atoms with Gasteiger partial charge in [0.15, 0.2) is 11.5 Å². The number of hydrogen-bond acceptors (Lipinski definition) is 8. The van der Waals surface area contributed by atoms with Crippen molar-refractivity contribution in [2.24, 2.45) is 5.92 Å². The fourth-order valence-electron chi connectivity index (χ4n) is 4.71. The molecule has 10 heteroatoms. The molecule has 3 rings (SSSR count). The molecule has 198 valence electrons. The predicted octanol–water partition coefficient (Wildman–Crippen LogP) is 0.664. The molecule has 1 aromatic rings. The highest BCUT2D eigenvalue weighted by molar-refractivity contribution is 6.36. The minimum absolute atomic E-state index is 0.0127. The largest absolute Gasteiger partial charge is 0.493 e. The lowest BCUT2D eigenvalue weighted by Crippen LogP contribution is -2.57. The molecular formula is C26H36N2O8. The Labute approximate surface area is 210 Å². The van der Waals surface area contributed by atoms with Crippen molar-refractivity contribution >= 4 is 17.6 Å². The van der Waals surface area contributed by atoms with E-state index in [9.17, 15) is 29.7 Å². The predicted molar refractivity (Wildman–Crippen MR) is 131 cm³/mol. The van der Waals surface area contributed by atoms with Gasteiger partial charge in [0.2, 0.25) is 11.7 Å². The van der Waals surface area contributed by atoms with E-state index in [0.29, 0.717) is 29.0 Å². The maximum absolute atomic E-state index is 13.2. The lowest BCUT2D eigenvalue weighted by molar-refractivity contribution is -0.148. The van der Waals surface area contributed by atoms with Crippen molar-refractivity contribution in [2.75, 3.05) is 26.8 Å². The molecule has 0 saturated carbocycles. The Morgan fingerprint density at radius 3 is 2.53 bits per heavy atom.